The van der Waals surface area contributed by atoms with E-state index in [0.717, 1.165) is 30.9 Å². The molecule has 3 N–H and O–H groups in total. The Morgan fingerprint density at radius 2 is 2.03 bits per heavy atom. The van der Waals surface area contributed by atoms with Crippen LogP contribution in [0, 0.1) is 5.82 Å². The van der Waals surface area contributed by atoms with E-state index >= 15 is 0 Å². The molecule has 0 radical (unpaired) electrons. The van der Waals surface area contributed by atoms with Gasteiger partial charge < -0.3 is 25.4 Å². The zero-order chi connectivity index (χ0) is 22.5. The molecule has 1 aliphatic rings. The van der Waals surface area contributed by atoms with Gasteiger partial charge in [0.2, 0.25) is 0 Å². The molecule has 0 bridgehead atoms. The van der Waals surface area contributed by atoms with Gasteiger partial charge in [0.05, 0.1) is 12.7 Å². The third kappa shape index (κ3) is 5.15. The number of benzene rings is 2. The number of nitrogens with zero attached hydrogens (tertiary/aromatic N) is 2. The van der Waals surface area contributed by atoms with Crippen LogP contribution in [0.2, 0.25) is 0 Å². The van der Waals surface area contributed by atoms with Crippen LogP contribution in [0.25, 0.3) is 0 Å². The normalized spacial score (nSPS) is 15.6. The van der Waals surface area contributed by atoms with E-state index in [9.17, 15) is 14.3 Å². The number of rotatable bonds is 7. The number of ether oxygens (including phenoxy) is 1. The summed E-state index contributed by atoms with van der Waals surface area (Å²) in [5, 5.41) is 16.2. The molecule has 1 atom stereocenters. The molecule has 166 valence electrons. The lowest BCUT2D eigenvalue weighted by Crippen LogP contribution is -2.32. The summed E-state index contributed by atoms with van der Waals surface area (Å²) in [5.41, 5.74) is 1.74. The Morgan fingerprint density at radius 3 is 2.75 bits per heavy atom. The number of hydrogen-bond donors (Lipinski definition) is 3. The van der Waals surface area contributed by atoms with Crippen molar-refractivity contribution in [3.8, 4) is 11.5 Å². The van der Waals surface area contributed by atoms with Crippen LogP contribution >= 0.6 is 0 Å². The first-order valence-corrected chi connectivity index (χ1v) is 10.4. The van der Waals surface area contributed by atoms with Gasteiger partial charge in [-0.15, -0.1) is 0 Å². The van der Waals surface area contributed by atoms with E-state index in [2.05, 4.69) is 20.5 Å². The molecule has 7 nitrogen and oxygen atoms in total. The molecule has 0 aliphatic carbocycles. The number of carbonyl (C=O) groups excluding carboxylic acids is 1. The molecule has 3 aromatic rings. The Balaban J connectivity index is 1.31. The van der Waals surface area contributed by atoms with Crippen molar-refractivity contribution in [1.82, 2.24) is 10.3 Å². The maximum atomic E-state index is 13.0. The fourth-order valence-corrected chi connectivity index (χ4v) is 3.66. The molecular formula is C24H25FN4O3. The standard InChI is InChI=1S/C24H25FN4O3/c1-32-21-7-8-22(30)17(12-21)14-26-20-10-11-29(15-20)23-9-2-16(13-27-23)24(31)28-19-5-3-18(25)4-6-19/h2-9,12-13,20,26,30H,10-11,14-15H2,1H3,(H,28,31). The van der Waals surface area contributed by atoms with E-state index < -0.39 is 0 Å². The molecule has 1 saturated heterocycles. The van der Waals surface area contributed by atoms with Gasteiger partial charge in [0, 0.05) is 43.1 Å². The van der Waals surface area contributed by atoms with Crippen LogP contribution in [0.15, 0.2) is 60.8 Å². The summed E-state index contributed by atoms with van der Waals surface area (Å²) >= 11 is 0. The first-order chi connectivity index (χ1) is 15.5. The third-order valence-electron chi connectivity index (χ3n) is 5.49. The second-order valence-corrected chi connectivity index (χ2v) is 7.67. The SMILES string of the molecule is COc1ccc(O)c(CNC2CCN(c3ccc(C(=O)Nc4ccc(F)cc4)cn3)C2)c1. The number of anilines is 2. The van der Waals surface area contributed by atoms with Crippen molar-refractivity contribution in [2.45, 2.75) is 19.0 Å². The number of methoxy groups -OCH3 is 1. The number of amides is 1. The number of aromatic hydroxyl groups is 1. The fourth-order valence-electron chi connectivity index (χ4n) is 3.66. The zero-order valence-corrected chi connectivity index (χ0v) is 17.7. The van der Waals surface area contributed by atoms with Crippen molar-refractivity contribution in [2.75, 3.05) is 30.4 Å². The second kappa shape index (κ2) is 9.65. The Hall–Kier alpha value is -3.65. The number of nitrogens with one attached hydrogen (secondary N) is 2. The predicted octanol–water partition coefficient (Wildman–Crippen LogP) is 3.56. The average Bonchev–Trinajstić information content (AvgIpc) is 3.29. The summed E-state index contributed by atoms with van der Waals surface area (Å²) in [5.74, 6) is 1.10. The molecule has 1 unspecified atom stereocenters. The molecule has 0 saturated carbocycles. The zero-order valence-electron chi connectivity index (χ0n) is 17.7. The number of hydrogen-bond acceptors (Lipinski definition) is 6. The van der Waals surface area contributed by atoms with Crippen molar-refractivity contribution in [3.63, 3.8) is 0 Å². The molecule has 1 aliphatic heterocycles. The number of aromatic nitrogens is 1. The number of pyridine rings is 1. The van der Waals surface area contributed by atoms with Gasteiger partial charge >= 0.3 is 0 Å². The Morgan fingerprint density at radius 1 is 1.22 bits per heavy atom. The van der Waals surface area contributed by atoms with Crippen LogP contribution in [0.4, 0.5) is 15.9 Å². The minimum atomic E-state index is -0.354. The Kier molecular flexibility index (Phi) is 6.51. The number of halogens is 1. The molecule has 4 rings (SSSR count). The van der Waals surface area contributed by atoms with E-state index in [0.29, 0.717) is 23.5 Å². The third-order valence-corrected chi connectivity index (χ3v) is 5.49. The molecule has 2 aromatic carbocycles. The monoisotopic (exact) mass is 436 g/mol. The van der Waals surface area contributed by atoms with Gasteiger partial charge in [-0.05, 0) is 61.0 Å². The first kappa shape index (κ1) is 21.6. The highest BCUT2D eigenvalue weighted by Gasteiger charge is 2.23. The van der Waals surface area contributed by atoms with Crippen molar-refractivity contribution in [3.05, 3.63) is 77.7 Å². The minimum absolute atomic E-state index is 0.240. The van der Waals surface area contributed by atoms with E-state index in [1.807, 2.05) is 12.1 Å². The Bertz CT molecular complexity index is 1070. The van der Waals surface area contributed by atoms with Crippen molar-refractivity contribution < 1.29 is 19.0 Å². The number of phenolic OH excluding ortho intramolecular Hbond substituents is 1. The van der Waals surface area contributed by atoms with Gasteiger partial charge in [0.1, 0.15) is 23.1 Å². The highest BCUT2D eigenvalue weighted by atomic mass is 19.1. The molecule has 1 amide bonds. The van der Waals surface area contributed by atoms with Crippen LogP contribution in [0.1, 0.15) is 22.3 Å². The van der Waals surface area contributed by atoms with Gasteiger partial charge in [0.15, 0.2) is 0 Å². The molecule has 0 spiro atoms. The average molecular weight is 436 g/mol. The topological polar surface area (TPSA) is 86.7 Å². The van der Waals surface area contributed by atoms with Crippen LogP contribution in [0.5, 0.6) is 11.5 Å². The smallest absolute Gasteiger partial charge is 0.257 e. The summed E-state index contributed by atoms with van der Waals surface area (Å²) in [6, 6.07) is 14.6. The van der Waals surface area contributed by atoms with E-state index in [1.165, 1.54) is 24.3 Å². The highest BCUT2D eigenvalue weighted by Crippen LogP contribution is 2.24. The van der Waals surface area contributed by atoms with Crippen LogP contribution in [-0.2, 0) is 6.54 Å². The van der Waals surface area contributed by atoms with E-state index in [-0.39, 0.29) is 23.5 Å². The maximum Gasteiger partial charge on any atom is 0.257 e. The molecule has 2 heterocycles. The molecule has 1 fully saturated rings. The summed E-state index contributed by atoms with van der Waals surface area (Å²) in [6.45, 7) is 2.16. The molecule has 1 aromatic heterocycles. The largest absolute Gasteiger partial charge is 0.508 e. The summed E-state index contributed by atoms with van der Waals surface area (Å²) in [7, 11) is 1.60. The number of phenols is 1. The van der Waals surface area contributed by atoms with Gasteiger partial charge in [-0.1, -0.05) is 0 Å². The first-order valence-electron chi connectivity index (χ1n) is 10.4. The lowest BCUT2D eigenvalue weighted by atomic mass is 10.1. The fraction of sp³-hybridized carbons (Fsp3) is 0.250. The van der Waals surface area contributed by atoms with Crippen LogP contribution < -0.4 is 20.3 Å². The second-order valence-electron chi connectivity index (χ2n) is 7.67. The van der Waals surface area contributed by atoms with Crippen molar-refractivity contribution in [1.29, 1.82) is 0 Å². The minimum Gasteiger partial charge on any atom is -0.508 e. The van der Waals surface area contributed by atoms with Gasteiger partial charge in [-0.25, -0.2) is 9.37 Å². The van der Waals surface area contributed by atoms with Crippen molar-refractivity contribution >= 4 is 17.4 Å². The highest BCUT2D eigenvalue weighted by molar-refractivity contribution is 6.04. The lowest BCUT2D eigenvalue weighted by Gasteiger charge is -2.18. The predicted molar refractivity (Wildman–Crippen MR) is 121 cm³/mol. The summed E-state index contributed by atoms with van der Waals surface area (Å²) in [6.07, 6.45) is 2.49. The summed E-state index contributed by atoms with van der Waals surface area (Å²) < 4.78 is 18.2. The molecular weight excluding hydrogens is 411 g/mol. The Labute approximate surface area is 185 Å². The number of carbonyl (C=O) groups is 1. The summed E-state index contributed by atoms with van der Waals surface area (Å²) in [4.78, 5) is 19.0. The van der Waals surface area contributed by atoms with E-state index in [4.69, 9.17) is 4.74 Å². The van der Waals surface area contributed by atoms with Gasteiger partial charge in [-0.3, -0.25) is 4.79 Å². The molecule has 32 heavy (non-hydrogen) atoms. The quantitative estimate of drug-likeness (QED) is 0.525. The van der Waals surface area contributed by atoms with Crippen LogP contribution in [0.3, 0.4) is 0 Å². The maximum absolute atomic E-state index is 13.0. The van der Waals surface area contributed by atoms with Crippen molar-refractivity contribution in [2.24, 2.45) is 0 Å². The van der Waals surface area contributed by atoms with Gasteiger partial charge in [-0.2, -0.15) is 0 Å². The van der Waals surface area contributed by atoms with Gasteiger partial charge in [0.25, 0.3) is 5.91 Å². The van der Waals surface area contributed by atoms with E-state index in [1.54, 1.807) is 31.5 Å². The molecule has 8 heteroatoms. The van der Waals surface area contributed by atoms with Crippen LogP contribution in [-0.4, -0.2) is 42.2 Å². The lowest BCUT2D eigenvalue weighted by molar-refractivity contribution is 0.102.